The lowest BCUT2D eigenvalue weighted by Gasteiger charge is -2.23. The minimum Gasteiger partial charge on any atom is -0.371 e. The first-order chi connectivity index (χ1) is 8.67. The minimum atomic E-state index is -2.45. The van der Waals surface area contributed by atoms with E-state index in [1.807, 2.05) is 20.8 Å². The zero-order valence-corrected chi connectivity index (χ0v) is 11.6. The predicted molar refractivity (Wildman–Crippen MR) is 69.2 cm³/mol. The van der Waals surface area contributed by atoms with Crippen LogP contribution in [-0.4, -0.2) is 33.7 Å². The van der Waals surface area contributed by atoms with Crippen LogP contribution in [0.3, 0.4) is 0 Å². The molecule has 0 spiro atoms. The maximum Gasteiger partial charge on any atom is 0.257 e. The van der Waals surface area contributed by atoms with Crippen molar-refractivity contribution in [2.75, 3.05) is 5.32 Å². The largest absolute Gasteiger partial charge is 0.371 e. The Labute approximate surface area is 111 Å². The Kier molecular flexibility index (Phi) is 4.85. The van der Waals surface area contributed by atoms with E-state index >= 15 is 0 Å². The number of amides is 1. The van der Waals surface area contributed by atoms with Crippen LogP contribution in [0.5, 0.6) is 0 Å². The average molecular weight is 274 g/mol. The third-order valence-corrected chi connectivity index (χ3v) is 2.23. The maximum atomic E-state index is 12.2. The molecule has 0 saturated heterocycles. The van der Waals surface area contributed by atoms with Gasteiger partial charge in [-0.1, -0.05) is 0 Å². The Morgan fingerprint density at radius 3 is 2.63 bits per heavy atom. The highest BCUT2D eigenvalue weighted by molar-refractivity contribution is 5.84. The fourth-order valence-electron chi connectivity index (χ4n) is 1.47. The number of alkyl halides is 2. The lowest BCUT2D eigenvalue weighted by Crippen LogP contribution is -2.47. The monoisotopic (exact) mass is 274 g/mol. The van der Waals surface area contributed by atoms with Gasteiger partial charge in [-0.15, -0.1) is 0 Å². The fourth-order valence-corrected chi connectivity index (χ4v) is 1.47. The number of anilines is 1. The van der Waals surface area contributed by atoms with Crippen LogP contribution in [0, 0.1) is 0 Å². The summed E-state index contributed by atoms with van der Waals surface area (Å²) in [4.78, 5) is 11.8. The second kappa shape index (κ2) is 5.99. The predicted octanol–water partition coefficient (Wildman–Crippen LogP) is 1.86. The van der Waals surface area contributed by atoms with Crippen molar-refractivity contribution in [2.24, 2.45) is 0 Å². The van der Waals surface area contributed by atoms with E-state index in [1.165, 1.54) is 12.4 Å². The van der Waals surface area contributed by atoms with Crippen molar-refractivity contribution >= 4 is 11.6 Å². The van der Waals surface area contributed by atoms with Gasteiger partial charge in [-0.2, -0.15) is 5.10 Å². The maximum absolute atomic E-state index is 12.2. The molecule has 0 fully saturated rings. The summed E-state index contributed by atoms with van der Waals surface area (Å²) in [5, 5.41) is 9.53. The molecule has 19 heavy (non-hydrogen) atoms. The van der Waals surface area contributed by atoms with Crippen LogP contribution in [0.4, 0.5) is 14.5 Å². The molecular weight excluding hydrogens is 254 g/mol. The molecule has 0 aliphatic heterocycles. The Morgan fingerprint density at radius 1 is 1.47 bits per heavy atom. The molecule has 0 saturated carbocycles. The molecule has 1 rings (SSSR count). The summed E-state index contributed by atoms with van der Waals surface area (Å²) in [5.41, 5.74) is 0.226. The first-order valence-corrected chi connectivity index (χ1v) is 6.06. The van der Waals surface area contributed by atoms with Gasteiger partial charge in [0.1, 0.15) is 12.6 Å². The van der Waals surface area contributed by atoms with Crippen molar-refractivity contribution in [1.29, 1.82) is 0 Å². The van der Waals surface area contributed by atoms with Crippen LogP contribution in [0.2, 0.25) is 0 Å². The van der Waals surface area contributed by atoms with E-state index in [1.54, 1.807) is 6.92 Å². The number of hydrogen-bond acceptors (Lipinski definition) is 3. The highest BCUT2D eigenvalue weighted by Crippen LogP contribution is 2.09. The summed E-state index contributed by atoms with van der Waals surface area (Å²) < 4.78 is 25.5. The molecule has 1 amide bonds. The lowest BCUT2D eigenvalue weighted by atomic mass is 10.1. The SMILES string of the molecule is CC(Nc1cnn(CC(F)F)c1)C(=O)NC(C)(C)C. The van der Waals surface area contributed by atoms with Gasteiger partial charge in [-0.3, -0.25) is 9.48 Å². The summed E-state index contributed by atoms with van der Waals surface area (Å²) in [7, 11) is 0. The Hall–Kier alpha value is -1.66. The molecule has 7 heteroatoms. The third-order valence-electron chi connectivity index (χ3n) is 2.23. The molecule has 0 aliphatic carbocycles. The van der Waals surface area contributed by atoms with Crippen molar-refractivity contribution in [3.8, 4) is 0 Å². The molecule has 0 bridgehead atoms. The highest BCUT2D eigenvalue weighted by atomic mass is 19.3. The molecule has 5 nitrogen and oxygen atoms in total. The molecule has 108 valence electrons. The normalized spacial score (nSPS) is 13.4. The Bertz CT molecular complexity index is 426. The van der Waals surface area contributed by atoms with Crippen molar-refractivity contribution in [2.45, 2.75) is 52.2 Å². The number of nitrogens with zero attached hydrogens (tertiary/aromatic N) is 2. The van der Waals surface area contributed by atoms with Gasteiger partial charge < -0.3 is 10.6 Å². The average Bonchev–Trinajstić information content (AvgIpc) is 2.61. The summed E-state index contributed by atoms with van der Waals surface area (Å²) in [6.07, 6.45) is 0.422. The van der Waals surface area contributed by atoms with Gasteiger partial charge in [0, 0.05) is 11.7 Å². The number of rotatable bonds is 5. The van der Waals surface area contributed by atoms with E-state index < -0.39 is 19.0 Å². The lowest BCUT2D eigenvalue weighted by molar-refractivity contribution is -0.122. The van der Waals surface area contributed by atoms with Gasteiger partial charge in [0.25, 0.3) is 6.43 Å². The number of aromatic nitrogens is 2. The van der Waals surface area contributed by atoms with Crippen molar-refractivity contribution in [1.82, 2.24) is 15.1 Å². The number of carbonyl (C=O) groups excluding carboxylic acids is 1. The number of nitrogens with one attached hydrogen (secondary N) is 2. The van der Waals surface area contributed by atoms with E-state index in [4.69, 9.17) is 0 Å². The second-order valence-corrected chi connectivity index (χ2v) is 5.45. The minimum absolute atomic E-state index is 0.158. The fraction of sp³-hybridized carbons (Fsp3) is 0.667. The zero-order valence-electron chi connectivity index (χ0n) is 11.6. The van der Waals surface area contributed by atoms with Crippen LogP contribution in [-0.2, 0) is 11.3 Å². The summed E-state index contributed by atoms with van der Waals surface area (Å²) in [6, 6.07) is -0.469. The summed E-state index contributed by atoms with van der Waals surface area (Å²) in [5.74, 6) is -0.158. The number of carbonyl (C=O) groups is 1. The summed E-state index contributed by atoms with van der Waals surface area (Å²) >= 11 is 0. The Balaban J connectivity index is 2.54. The van der Waals surface area contributed by atoms with Gasteiger partial charge in [-0.25, -0.2) is 8.78 Å². The van der Waals surface area contributed by atoms with Gasteiger partial charge >= 0.3 is 0 Å². The van der Waals surface area contributed by atoms with Crippen LogP contribution < -0.4 is 10.6 Å². The standard InChI is InChI=1S/C12H20F2N4O/c1-8(11(19)17-12(2,3)4)16-9-5-15-18(6-9)7-10(13)14/h5-6,8,10,16H,7H2,1-4H3,(H,17,19). The van der Waals surface area contributed by atoms with Crippen LogP contribution in [0.15, 0.2) is 12.4 Å². The molecule has 1 aromatic rings. The summed E-state index contributed by atoms with van der Waals surface area (Å²) in [6.45, 7) is 6.91. The van der Waals surface area contributed by atoms with E-state index in [2.05, 4.69) is 15.7 Å². The van der Waals surface area contributed by atoms with Gasteiger partial charge in [0.05, 0.1) is 11.9 Å². The zero-order chi connectivity index (χ0) is 14.6. The van der Waals surface area contributed by atoms with Crippen molar-refractivity contribution in [3.05, 3.63) is 12.4 Å². The topological polar surface area (TPSA) is 59.0 Å². The molecule has 0 aliphatic rings. The molecular formula is C12H20F2N4O. The molecule has 1 aromatic heterocycles. The van der Waals surface area contributed by atoms with E-state index in [9.17, 15) is 13.6 Å². The van der Waals surface area contributed by atoms with Crippen LogP contribution in [0.25, 0.3) is 0 Å². The first-order valence-electron chi connectivity index (χ1n) is 6.06. The first kappa shape index (κ1) is 15.4. The van der Waals surface area contributed by atoms with Gasteiger partial charge in [0.2, 0.25) is 5.91 Å². The van der Waals surface area contributed by atoms with Gasteiger partial charge in [0.15, 0.2) is 0 Å². The molecule has 1 heterocycles. The smallest absolute Gasteiger partial charge is 0.257 e. The van der Waals surface area contributed by atoms with Crippen LogP contribution >= 0.6 is 0 Å². The molecule has 1 atom stereocenters. The van der Waals surface area contributed by atoms with Crippen molar-refractivity contribution in [3.63, 3.8) is 0 Å². The molecule has 0 radical (unpaired) electrons. The quantitative estimate of drug-likeness (QED) is 0.861. The van der Waals surface area contributed by atoms with Crippen LogP contribution in [0.1, 0.15) is 27.7 Å². The highest BCUT2D eigenvalue weighted by Gasteiger charge is 2.19. The third kappa shape index (κ3) is 5.67. The van der Waals surface area contributed by atoms with Gasteiger partial charge in [-0.05, 0) is 27.7 Å². The van der Waals surface area contributed by atoms with E-state index in [0.717, 1.165) is 4.68 Å². The molecule has 2 N–H and O–H groups in total. The van der Waals surface area contributed by atoms with Crippen molar-refractivity contribution < 1.29 is 13.6 Å². The number of halogens is 2. The van der Waals surface area contributed by atoms with E-state index in [-0.39, 0.29) is 11.4 Å². The van der Waals surface area contributed by atoms with E-state index in [0.29, 0.717) is 5.69 Å². The number of hydrogen-bond donors (Lipinski definition) is 2. The molecule has 0 aromatic carbocycles. The Morgan fingerprint density at radius 2 is 2.11 bits per heavy atom. The second-order valence-electron chi connectivity index (χ2n) is 5.45. The molecule has 1 unspecified atom stereocenters.